The number of halogens is 1. The number of hydrogen-bond donors (Lipinski definition) is 2. The Morgan fingerprint density at radius 2 is 2.33 bits per heavy atom. The lowest BCUT2D eigenvalue weighted by atomic mass is 10.2. The average molecular weight is 289 g/mol. The summed E-state index contributed by atoms with van der Waals surface area (Å²) in [6, 6.07) is 5.78. The summed E-state index contributed by atoms with van der Waals surface area (Å²) in [6.07, 6.45) is 0. The number of rotatable bonds is 5. The first kappa shape index (κ1) is 12.5. The van der Waals surface area contributed by atoms with Crippen LogP contribution in [0.5, 0.6) is 0 Å². The molecule has 0 radical (unpaired) electrons. The number of methoxy groups -OCH3 is 1. The summed E-state index contributed by atoms with van der Waals surface area (Å²) in [4.78, 5) is 1.01. The van der Waals surface area contributed by atoms with Crippen LogP contribution >= 0.6 is 27.7 Å². The molecular formula is C10H13BrN2OS. The van der Waals surface area contributed by atoms with E-state index >= 15 is 0 Å². The lowest BCUT2D eigenvalue weighted by molar-refractivity contribution is 0.218. The van der Waals surface area contributed by atoms with Crippen LogP contribution < -0.4 is 5.73 Å². The van der Waals surface area contributed by atoms with E-state index in [-0.39, 0.29) is 5.84 Å². The fourth-order valence-electron chi connectivity index (χ4n) is 1.12. The topological polar surface area (TPSA) is 59.1 Å². The molecule has 0 saturated heterocycles. The third-order valence-electron chi connectivity index (χ3n) is 1.79. The van der Waals surface area contributed by atoms with E-state index in [1.807, 2.05) is 18.2 Å². The zero-order chi connectivity index (χ0) is 11.3. The Hall–Kier alpha value is -0.520. The lowest BCUT2D eigenvalue weighted by Crippen LogP contribution is -2.13. The van der Waals surface area contributed by atoms with Crippen LogP contribution in [0.1, 0.15) is 5.56 Å². The number of benzene rings is 1. The zero-order valence-corrected chi connectivity index (χ0v) is 10.8. The maximum absolute atomic E-state index is 7.50. The summed E-state index contributed by atoms with van der Waals surface area (Å²) in [7, 11) is 1.67. The minimum atomic E-state index is 0.0855. The molecule has 0 aliphatic carbocycles. The normalized spacial score (nSPS) is 10.3. The highest BCUT2D eigenvalue weighted by molar-refractivity contribution is 9.10. The second-order valence-electron chi connectivity index (χ2n) is 2.87. The van der Waals surface area contributed by atoms with Gasteiger partial charge in [-0.1, -0.05) is 6.07 Å². The highest BCUT2D eigenvalue weighted by atomic mass is 79.9. The Morgan fingerprint density at radius 1 is 1.60 bits per heavy atom. The van der Waals surface area contributed by atoms with Gasteiger partial charge in [-0.05, 0) is 28.1 Å². The van der Waals surface area contributed by atoms with E-state index in [4.69, 9.17) is 15.9 Å². The van der Waals surface area contributed by atoms with Gasteiger partial charge in [-0.2, -0.15) is 0 Å². The number of ether oxygens (including phenoxy) is 1. The van der Waals surface area contributed by atoms with E-state index in [1.54, 1.807) is 18.9 Å². The first-order valence-corrected chi connectivity index (χ1v) is 6.19. The lowest BCUT2D eigenvalue weighted by Gasteiger charge is -2.09. The van der Waals surface area contributed by atoms with Gasteiger partial charge in [0.25, 0.3) is 0 Å². The standard InChI is InChI=1S/C10H13BrN2OS/c1-14-5-6-15-8-4-2-3-7(11)9(8)10(12)13/h2-4H,5-6H2,1H3,(H3,12,13). The Morgan fingerprint density at radius 3 is 2.93 bits per heavy atom. The number of nitrogens with two attached hydrogens (primary N) is 1. The second-order valence-corrected chi connectivity index (χ2v) is 4.86. The van der Waals surface area contributed by atoms with Crippen molar-refractivity contribution in [1.82, 2.24) is 0 Å². The maximum atomic E-state index is 7.50. The van der Waals surface area contributed by atoms with Crippen molar-refractivity contribution in [2.45, 2.75) is 4.90 Å². The predicted molar refractivity (Wildman–Crippen MR) is 67.8 cm³/mol. The number of amidine groups is 1. The Bertz CT molecular complexity index is 357. The van der Waals surface area contributed by atoms with Crippen molar-refractivity contribution >= 4 is 33.5 Å². The third kappa shape index (κ3) is 3.52. The smallest absolute Gasteiger partial charge is 0.125 e. The van der Waals surface area contributed by atoms with Crippen LogP contribution in [0.2, 0.25) is 0 Å². The number of hydrogen-bond acceptors (Lipinski definition) is 3. The molecule has 1 aromatic carbocycles. The molecule has 5 heteroatoms. The van der Waals surface area contributed by atoms with Crippen molar-refractivity contribution in [1.29, 1.82) is 5.41 Å². The number of nitrogen functional groups attached to an aromatic ring is 1. The van der Waals surface area contributed by atoms with Crippen molar-refractivity contribution < 1.29 is 4.74 Å². The Kier molecular flexibility index (Phi) is 5.14. The van der Waals surface area contributed by atoms with E-state index < -0.39 is 0 Å². The molecule has 0 aliphatic rings. The van der Waals surface area contributed by atoms with E-state index in [2.05, 4.69) is 15.9 Å². The molecule has 0 aromatic heterocycles. The molecule has 1 rings (SSSR count). The average Bonchev–Trinajstić information content (AvgIpc) is 2.17. The summed E-state index contributed by atoms with van der Waals surface area (Å²) < 4.78 is 5.84. The summed E-state index contributed by atoms with van der Waals surface area (Å²) >= 11 is 5.03. The molecular weight excluding hydrogens is 276 g/mol. The fraction of sp³-hybridized carbons (Fsp3) is 0.300. The van der Waals surface area contributed by atoms with Crippen LogP contribution in [0, 0.1) is 5.41 Å². The van der Waals surface area contributed by atoms with Crippen LogP contribution in [-0.4, -0.2) is 25.3 Å². The summed E-state index contributed by atoms with van der Waals surface area (Å²) in [5, 5.41) is 7.50. The Balaban J connectivity index is 2.86. The quantitative estimate of drug-likeness (QED) is 0.379. The fourth-order valence-corrected chi connectivity index (χ4v) is 2.84. The van der Waals surface area contributed by atoms with Crippen LogP contribution in [0.3, 0.4) is 0 Å². The second kappa shape index (κ2) is 6.15. The molecule has 1 aromatic rings. The summed E-state index contributed by atoms with van der Waals surface area (Å²) in [5.41, 5.74) is 6.29. The number of nitrogens with one attached hydrogen (secondary N) is 1. The van der Waals surface area contributed by atoms with Crippen LogP contribution in [0.15, 0.2) is 27.6 Å². The molecule has 0 saturated carbocycles. The van der Waals surface area contributed by atoms with E-state index in [1.165, 1.54) is 0 Å². The van der Waals surface area contributed by atoms with Crippen LogP contribution in [0.25, 0.3) is 0 Å². The van der Waals surface area contributed by atoms with Crippen LogP contribution in [0.4, 0.5) is 0 Å². The molecule has 3 nitrogen and oxygen atoms in total. The molecule has 3 N–H and O–H groups in total. The zero-order valence-electron chi connectivity index (χ0n) is 8.42. The van der Waals surface area contributed by atoms with Gasteiger partial charge >= 0.3 is 0 Å². The molecule has 0 spiro atoms. The summed E-state index contributed by atoms with van der Waals surface area (Å²) in [5.74, 6) is 0.940. The minimum absolute atomic E-state index is 0.0855. The van der Waals surface area contributed by atoms with Gasteiger partial charge < -0.3 is 10.5 Å². The molecule has 0 fully saturated rings. The first-order valence-electron chi connectivity index (χ1n) is 4.41. The Labute approximate surface area is 102 Å². The minimum Gasteiger partial charge on any atom is -0.384 e. The molecule has 0 amide bonds. The first-order chi connectivity index (χ1) is 7.16. The number of thioether (sulfide) groups is 1. The van der Waals surface area contributed by atoms with Gasteiger partial charge in [0.2, 0.25) is 0 Å². The monoisotopic (exact) mass is 288 g/mol. The van der Waals surface area contributed by atoms with E-state index in [0.29, 0.717) is 6.61 Å². The highest BCUT2D eigenvalue weighted by Crippen LogP contribution is 2.28. The summed E-state index contributed by atoms with van der Waals surface area (Å²) in [6.45, 7) is 0.689. The molecule has 0 aliphatic heterocycles. The molecule has 0 heterocycles. The largest absolute Gasteiger partial charge is 0.384 e. The van der Waals surface area contributed by atoms with Crippen molar-refractivity contribution in [3.05, 3.63) is 28.2 Å². The van der Waals surface area contributed by atoms with Gasteiger partial charge in [0.05, 0.1) is 6.61 Å². The van der Waals surface area contributed by atoms with Crippen molar-refractivity contribution in [3.8, 4) is 0 Å². The van der Waals surface area contributed by atoms with Gasteiger partial charge in [0, 0.05) is 27.8 Å². The van der Waals surface area contributed by atoms with Gasteiger partial charge in [-0.25, -0.2) is 0 Å². The molecule has 0 atom stereocenters. The van der Waals surface area contributed by atoms with Crippen molar-refractivity contribution in [3.63, 3.8) is 0 Å². The van der Waals surface area contributed by atoms with Gasteiger partial charge in [-0.3, -0.25) is 5.41 Å². The molecule has 0 unspecified atom stereocenters. The third-order valence-corrected chi connectivity index (χ3v) is 3.47. The van der Waals surface area contributed by atoms with E-state index in [0.717, 1.165) is 20.7 Å². The molecule has 15 heavy (non-hydrogen) atoms. The van der Waals surface area contributed by atoms with Gasteiger partial charge in [0.15, 0.2) is 0 Å². The van der Waals surface area contributed by atoms with Crippen LogP contribution in [-0.2, 0) is 4.74 Å². The van der Waals surface area contributed by atoms with Gasteiger partial charge in [-0.15, -0.1) is 11.8 Å². The molecule has 0 bridgehead atoms. The highest BCUT2D eigenvalue weighted by Gasteiger charge is 2.09. The van der Waals surface area contributed by atoms with Gasteiger partial charge in [0.1, 0.15) is 5.84 Å². The van der Waals surface area contributed by atoms with E-state index in [9.17, 15) is 0 Å². The van der Waals surface area contributed by atoms with Crippen molar-refractivity contribution in [2.24, 2.45) is 5.73 Å². The predicted octanol–water partition coefficient (Wildman–Crippen LogP) is 2.47. The SMILES string of the molecule is COCCSc1cccc(Br)c1C(=N)N. The van der Waals surface area contributed by atoms with Crippen molar-refractivity contribution in [2.75, 3.05) is 19.5 Å². The maximum Gasteiger partial charge on any atom is 0.125 e. The molecule has 82 valence electrons.